The summed E-state index contributed by atoms with van der Waals surface area (Å²) in [5, 5.41) is 4.94. The summed E-state index contributed by atoms with van der Waals surface area (Å²) in [5.74, 6) is 0. The Morgan fingerprint density at radius 2 is 2.00 bits per heavy atom. The van der Waals surface area contributed by atoms with E-state index >= 15 is 0 Å². The Morgan fingerprint density at radius 3 is 2.50 bits per heavy atom. The van der Waals surface area contributed by atoms with E-state index in [1.807, 2.05) is 25.6 Å². The van der Waals surface area contributed by atoms with Crippen LogP contribution in [0.3, 0.4) is 0 Å². The van der Waals surface area contributed by atoms with Gasteiger partial charge in [-0.1, -0.05) is 11.8 Å². The molecule has 0 aliphatic heterocycles. The summed E-state index contributed by atoms with van der Waals surface area (Å²) in [4.78, 5) is 8.46. The van der Waals surface area contributed by atoms with Crippen LogP contribution in [0.4, 0.5) is 5.69 Å². The van der Waals surface area contributed by atoms with Gasteiger partial charge in [0.05, 0.1) is 17.9 Å². The molecule has 2 N–H and O–H groups in total. The summed E-state index contributed by atoms with van der Waals surface area (Å²) < 4.78 is 1.80. The van der Waals surface area contributed by atoms with Crippen molar-refractivity contribution in [3.8, 4) is 0 Å². The number of nitrogens with zero attached hydrogens (tertiary/aromatic N) is 4. The van der Waals surface area contributed by atoms with E-state index in [0.717, 1.165) is 10.7 Å². The van der Waals surface area contributed by atoms with Crippen molar-refractivity contribution in [2.75, 3.05) is 12.0 Å². The number of hydrogen-bond acceptors (Lipinski definition) is 5. The second-order valence-corrected chi connectivity index (χ2v) is 4.21. The molecule has 2 heterocycles. The van der Waals surface area contributed by atoms with Crippen molar-refractivity contribution in [2.45, 2.75) is 18.1 Å². The summed E-state index contributed by atoms with van der Waals surface area (Å²) in [6.45, 7) is 2.03. The summed E-state index contributed by atoms with van der Waals surface area (Å²) >= 11 is 1.52. The highest BCUT2D eigenvalue weighted by molar-refractivity contribution is 7.98. The van der Waals surface area contributed by atoms with Crippen LogP contribution in [0.2, 0.25) is 0 Å². The number of thioether (sulfide) groups is 1. The Kier molecular flexibility index (Phi) is 3.09. The first-order valence-electron chi connectivity index (χ1n) is 4.86. The third-order valence-corrected chi connectivity index (χ3v) is 2.91. The lowest BCUT2D eigenvalue weighted by atomic mass is 10.2. The Bertz CT molecular complexity index is 464. The van der Waals surface area contributed by atoms with E-state index in [0.29, 0.717) is 5.69 Å². The third-order valence-electron chi connectivity index (χ3n) is 2.33. The number of aromatic nitrogens is 4. The number of nitrogen functional groups attached to an aromatic ring is 1. The average Bonchev–Trinajstić information content (AvgIpc) is 2.75. The average molecular weight is 235 g/mol. The molecule has 0 saturated heterocycles. The first-order valence-corrected chi connectivity index (χ1v) is 6.08. The van der Waals surface area contributed by atoms with Gasteiger partial charge in [0, 0.05) is 24.2 Å². The molecule has 0 radical (unpaired) electrons. The van der Waals surface area contributed by atoms with Crippen LogP contribution >= 0.6 is 11.8 Å². The van der Waals surface area contributed by atoms with Crippen molar-refractivity contribution in [1.82, 2.24) is 19.7 Å². The van der Waals surface area contributed by atoms with Crippen LogP contribution < -0.4 is 5.73 Å². The van der Waals surface area contributed by atoms with Crippen LogP contribution in [0.1, 0.15) is 18.5 Å². The van der Waals surface area contributed by atoms with E-state index in [4.69, 9.17) is 5.73 Å². The van der Waals surface area contributed by atoms with Crippen molar-refractivity contribution >= 4 is 17.4 Å². The maximum absolute atomic E-state index is 5.62. The van der Waals surface area contributed by atoms with E-state index in [9.17, 15) is 0 Å². The second kappa shape index (κ2) is 4.52. The normalized spacial score (nSPS) is 12.6. The van der Waals surface area contributed by atoms with Gasteiger partial charge in [-0.15, -0.1) is 0 Å². The Balaban J connectivity index is 2.23. The molecule has 0 spiro atoms. The number of nitrogens with two attached hydrogens (primary N) is 1. The fourth-order valence-electron chi connectivity index (χ4n) is 1.36. The van der Waals surface area contributed by atoms with Gasteiger partial charge < -0.3 is 5.73 Å². The van der Waals surface area contributed by atoms with Crippen LogP contribution in [0, 0.1) is 0 Å². The zero-order valence-corrected chi connectivity index (χ0v) is 9.98. The zero-order chi connectivity index (χ0) is 11.5. The van der Waals surface area contributed by atoms with E-state index in [1.165, 1.54) is 11.8 Å². The van der Waals surface area contributed by atoms with Crippen molar-refractivity contribution in [1.29, 1.82) is 0 Å². The van der Waals surface area contributed by atoms with E-state index in [-0.39, 0.29) is 6.04 Å². The molecular weight excluding hydrogens is 222 g/mol. The second-order valence-electron chi connectivity index (χ2n) is 3.43. The molecule has 84 valence electrons. The van der Waals surface area contributed by atoms with Gasteiger partial charge in [-0.25, -0.2) is 9.97 Å². The van der Waals surface area contributed by atoms with Gasteiger partial charge in [0.15, 0.2) is 5.16 Å². The monoisotopic (exact) mass is 235 g/mol. The molecule has 6 heteroatoms. The molecule has 5 nitrogen and oxygen atoms in total. The maximum atomic E-state index is 5.62. The van der Waals surface area contributed by atoms with Crippen molar-refractivity contribution < 1.29 is 0 Å². The topological polar surface area (TPSA) is 69.6 Å². The van der Waals surface area contributed by atoms with Crippen LogP contribution in [0.15, 0.2) is 29.9 Å². The molecule has 0 amide bonds. The zero-order valence-electron chi connectivity index (χ0n) is 9.16. The minimum Gasteiger partial charge on any atom is -0.396 e. The SMILES string of the molecule is CSc1ncc(C(C)n2cc(N)cn2)cn1. The molecule has 2 aromatic rings. The third kappa shape index (κ3) is 2.16. The summed E-state index contributed by atoms with van der Waals surface area (Å²) in [7, 11) is 0. The smallest absolute Gasteiger partial charge is 0.187 e. The van der Waals surface area contributed by atoms with Crippen LogP contribution in [0.5, 0.6) is 0 Å². The van der Waals surface area contributed by atoms with Crippen molar-refractivity contribution in [2.24, 2.45) is 0 Å². The van der Waals surface area contributed by atoms with E-state index in [1.54, 1.807) is 17.1 Å². The summed E-state index contributed by atoms with van der Waals surface area (Å²) in [6.07, 6.45) is 9.02. The molecule has 2 rings (SSSR count). The number of hydrogen-bond donors (Lipinski definition) is 1. The minimum absolute atomic E-state index is 0.0909. The molecule has 0 aliphatic rings. The lowest BCUT2D eigenvalue weighted by Gasteiger charge is -2.11. The highest BCUT2D eigenvalue weighted by Gasteiger charge is 2.09. The first-order chi connectivity index (χ1) is 7.70. The molecule has 1 unspecified atom stereocenters. The van der Waals surface area contributed by atoms with Crippen molar-refractivity contribution in [3.63, 3.8) is 0 Å². The molecular formula is C10H13N5S. The molecule has 1 atom stereocenters. The van der Waals surface area contributed by atoms with Crippen molar-refractivity contribution in [3.05, 3.63) is 30.4 Å². The quantitative estimate of drug-likeness (QED) is 0.646. The first kappa shape index (κ1) is 10.9. The largest absolute Gasteiger partial charge is 0.396 e. The van der Waals surface area contributed by atoms with Gasteiger partial charge >= 0.3 is 0 Å². The molecule has 0 fully saturated rings. The Hall–Kier alpha value is -1.56. The molecule has 2 aromatic heterocycles. The van der Waals surface area contributed by atoms with Gasteiger partial charge in [0.25, 0.3) is 0 Å². The van der Waals surface area contributed by atoms with Gasteiger partial charge in [-0.05, 0) is 13.2 Å². The Morgan fingerprint density at radius 1 is 1.31 bits per heavy atom. The molecule has 0 aromatic carbocycles. The number of rotatable bonds is 3. The Labute approximate surface area is 98.1 Å². The highest BCUT2D eigenvalue weighted by atomic mass is 32.2. The maximum Gasteiger partial charge on any atom is 0.187 e. The van der Waals surface area contributed by atoms with Gasteiger partial charge in [-0.2, -0.15) is 5.10 Å². The molecule has 0 bridgehead atoms. The van der Waals surface area contributed by atoms with Gasteiger partial charge in [0.2, 0.25) is 0 Å². The fourth-order valence-corrected chi connectivity index (χ4v) is 1.68. The molecule has 0 saturated carbocycles. The van der Waals surface area contributed by atoms with E-state index in [2.05, 4.69) is 15.1 Å². The number of anilines is 1. The van der Waals surface area contributed by atoms with Crippen LogP contribution in [-0.4, -0.2) is 26.0 Å². The lowest BCUT2D eigenvalue weighted by molar-refractivity contribution is 0.559. The van der Waals surface area contributed by atoms with Crippen LogP contribution in [0.25, 0.3) is 0 Å². The van der Waals surface area contributed by atoms with E-state index < -0.39 is 0 Å². The highest BCUT2D eigenvalue weighted by Crippen LogP contribution is 2.17. The summed E-state index contributed by atoms with van der Waals surface area (Å²) in [5.41, 5.74) is 7.30. The van der Waals surface area contributed by atoms with Gasteiger partial charge in [-0.3, -0.25) is 4.68 Å². The predicted octanol–water partition coefficient (Wildman–Crippen LogP) is 1.59. The predicted molar refractivity (Wildman–Crippen MR) is 64.3 cm³/mol. The minimum atomic E-state index is 0.0909. The summed E-state index contributed by atoms with van der Waals surface area (Å²) in [6, 6.07) is 0.0909. The van der Waals surface area contributed by atoms with Gasteiger partial charge in [0.1, 0.15) is 0 Å². The fraction of sp³-hybridized carbons (Fsp3) is 0.300. The molecule has 0 aliphatic carbocycles. The van der Waals surface area contributed by atoms with Crippen LogP contribution in [-0.2, 0) is 0 Å². The lowest BCUT2D eigenvalue weighted by Crippen LogP contribution is -2.08. The molecule has 16 heavy (non-hydrogen) atoms. The standard InChI is InChI=1S/C10H13N5S/c1-7(15-6-9(11)5-14-15)8-3-12-10(16-2)13-4-8/h3-7H,11H2,1-2H3.